The molecule has 1 N–H and O–H groups in total. The molecule has 0 saturated heterocycles. The third-order valence-corrected chi connectivity index (χ3v) is 5.34. The zero-order chi connectivity index (χ0) is 14.6. The molecule has 1 aromatic carbocycles. The van der Waals surface area contributed by atoms with E-state index in [1.807, 2.05) is 12.1 Å². The van der Waals surface area contributed by atoms with E-state index in [0.717, 1.165) is 28.4 Å². The number of fused-ring (bicyclic) bond motifs is 2. The van der Waals surface area contributed by atoms with Gasteiger partial charge in [0.15, 0.2) is 0 Å². The molecule has 0 bridgehead atoms. The number of hydrogen-bond acceptors (Lipinski definition) is 3. The quantitative estimate of drug-likeness (QED) is 0.808. The molecule has 6 heteroatoms. The minimum Gasteiger partial charge on any atom is -0.346 e. The average molecular weight is 304 g/mol. The van der Waals surface area contributed by atoms with E-state index in [9.17, 15) is 13.0 Å². The summed E-state index contributed by atoms with van der Waals surface area (Å²) in [5.74, 6) is 0. The molecule has 1 aliphatic carbocycles. The predicted octanol–water partition coefficient (Wildman–Crippen LogP) is 2.19. The first-order valence-corrected chi connectivity index (χ1v) is 8.46. The second-order valence-electron chi connectivity index (χ2n) is 5.63. The molecule has 2 heterocycles. The third kappa shape index (κ3) is 2.02. The zero-order valence-corrected chi connectivity index (χ0v) is 12.3. The largest absolute Gasteiger partial charge is 0.346 e. The lowest BCUT2D eigenvalue weighted by Crippen LogP contribution is -2.34. The van der Waals surface area contributed by atoms with Gasteiger partial charge in [0.05, 0.1) is 5.69 Å². The monoisotopic (exact) mass is 304 g/mol. The van der Waals surface area contributed by atoms with Gasteiger partial charge in [0.25, 0.3) is 0 Å². The van der Waals surface area contributed by atoms with Gasteiger partial charge in [-0.3, -0.25) is 4.55 Å². The third-order valence-electron chi connectivity index (χ3n) is 4.38. The summed E-state index contributed by atoms with van der Waals surface area (Å²) in [7, 11) is -4.16. The molecule has 2 aliphatic heterocycles. The van der Waals surface area contributed by atoms with Gasteiger partial charge in [-0.15, -0.1) is 0 Å². The Hall–Kier alpha value is -1.63. The Balaban J connectivity index is 1.88. The van der Waals surface area contributed by atoms with Crippen molar-refractivity contribution in [3.63, 3.8) is 0 Å². The number of allylic oxidation sites excluding steroid dienone is 3. The van der Waals surface area contributed by atoms with E-state index in [0.29, 0.717) is 6.54 Å². The van der Waals surface area contributed by atoms with E-state index in [2.05, 4.69) is 23.2 Å². The minimum atomic E-state index is -4.16. The van der Waals surface area contributed by atoms with E-state index in [4.69, 9.17) is 0 Å². The van der Waals surface area contributed by atoms with Crippen molar-refractivity contribution in [1.82, 2.24) is 4.31 Å². The molecule has 0 radical (unpaired) electrons. The van der Waals surface area contributed by atoms with Gasteiger partial charge < -0.3 is 4.90 Å². The fourth-order valence-electron chi connectivity index (χ4n) is 3.44. The molecule has 110 valence electrons. The van der Waals surface area contributed by atoms with Gasteiger partial charge in [0, 0.05) is 31.4 Å². The van der Waals surface area contributed by atoms with E-state index in [-0.39, 0.29) is 13.1 Å². The van der Waals surface area contributed by atoms with E-state index in [1.165, 1.54) is 16.7 Å². The molecule has 0 saturated carbocycles. The molecule has 3 aliphatic rings. The fraction of sp³-hybridized carbons (Fsp3) is 0.333. The van der Waals surface area contributed by atoms with Crippen LogP contribution in [0, 0.1) is 0 Å². The Bertz CT molecular complexity index is 780. The number of anilines is 1. The maximum atomic E-state index is 11.5. The predicted molar refractivity (Wildman–Crippen MR) is 81.0 cm³/mol. The highest BCUT2D eigenvalue weighted by Crippen LogP contribution is 2.44. The Morgan fingerprint density at radius 1 is 1.19 bits per heavy atom. The van der Waals surface area contributed by atoms with Crippen molar-refractivity contribution in [2.45, 2.75) is 19.4 Å². The van der Waals surface area contributed by atoms with E-state index >= 15 is 0 Å². The molecule has 0 fully saturated rings. The van der Waals surface area contributed by atoms with Crippen LogP contribution in [0.2, 0.25) is 0 Å². The second-order valence-corrected chi connectivity index (χ2v) is 7.04. The molecule has 5 nitrogen and oxygen atoms in total. The lowest BCUT2D eigenvalue weighted by Gasteiger charge is -2.29. The molecule has 0 amide bonds. The van der Waals surface area contributed by atoms with Gasteiger partial charge in [0.2, 0.25) is 0 Å². The number of nitrogens with zero attached hydrogens (tertiary/aromatic N) is 2. The highest BCUT2D eigenvalue weighted by atomic mass is 32.2. The van der Waals surface area contributed by atoms with Crippen LogP contribution in [-0.4, -0.2) is 30.4 Å². The van der Waals surface area contributed by atoms with Crippen LogP contribution in [-0.2, 0) is 16.8 Å². The van der Waals surface area contributed by atoms with Crippen molar-refractivity contribution >= 4 is 21.6 Å². The van der Waals surface area contributed by atoms with Crippen LogP contribution >= 0.6 is 0 Å². The molecule has 0 aromatic heterocycles. The van der Waals surface area contributed by atoms with Crippen LogP contribution in [0.1, 0.15) is 24.0 Å². The maximum Gasteiger partial charge on any atom is 0.336 e. The molecule has 0 atom stereocenters. The first kappa shape index (κ1) is 13.1. The summed E-state index contributed by atoms with van der Waals surface area (Å²) in [4.78, 5) is 2.13. The summed E-state index contributed by atoms with van der Waals surface area (Å²) in [6.45, 7) is 1.06. The molecule has 4 rings (SSSR count). The topological polar surface area (TPSA) is 60.9 Å². The van der Waals surface area contributed by atoms with Crippen LogP contribution in [0.4, 0.5) is 5.69 Å². The summed E-state index contributed by atoms with van der Waals surface area (Å²) >= 11 is 0. The second kappa shape index (κ2) is 4.43. The summed E-state index contributed by atoms with van der Waals surface area (Å²) in [6.07, 6.45) is 6.50. The number of hydrogen-bond donors (Lipinski definition) is 1. The SMILES string of the molecule is O=S(=O)(O)N1CCN2C=C3CCC=C3c3cccc(c32)C1. The van der Waals surface area contributed by atoms with Crippen LogP contribution in [0.3, 0.4) is 0 Å². The van der Waals surface area contributed by atoms with E-state index < -0.39 is 10.3 Å². The normalized spacial score (nSPS) is 21.3. The van der Waals surface area contributed by atoms with Crippen molar-refractivity contribution in [2.24, 2.45) is 0 Å². The van der Waals surface area contributed by atoms with Crippen molar-refractivity contribution in [3.8, 4) is 0 Å². The van der Waals surface area contributed by atoms with Crippen molar-refractivity contribution in [3.05, 3.63) is 47.2 Å². The summed E-state index contributed by atoms with van der Waals surface area (Å²) in [5.41, 5.74) is 5.80. The maximum absolute atomic E-state index is 11.5. The van der Waals surface area contributed by atoms with Gasteiger partial charge in [0.1, 0.15) is 0 Å². The number of para-hydroxylation sites is 1. The summed E-state index contributed by atoms with van der Waals surface area (Å²) < 4.78 is 33.4. The number of benzene rings is 1. The Morgan fingerprint density at radius 3 is 2.86 bits per heavy atom. The highest BCUT2D eigenvalue weighted by Gasteiger charge is 2.31. The lowest BCUT2D eigenvalue weighted by atomic mass is 9.93. The molecule has 0 unspecified atom stereocenters. The van der Waals surface area contributed by atoms with Gasteiger partial charge in [-0.05, 0) is 29.6 Å². The molecule has 21 heavy (non-hydrogen) atoms. The number of rotatable bonds is 1. The van der Waals surface area contributed by atoms with Crippen LogP contribution in [0.5, 0.6) is 0 Å². The summed E-state index contributed by atoms with van der Waals surface area (Å²) in [6, 6.07) is 5.99. The van der Waals surface area contributed by atoms with Crippen LogP contribution < -0.4 is 4.90 Å². The average Bonchev–Trinajstić information content (AvgIpc) is 2.81. The fourth-order valence-corrected chi connectivity index (χ4v) is 4.06. The lowest BCUT2D eigenvalue weighted by molar-refractivity contribution is 0.355. The van der Waals surface area contributed by atoms with Gasteiger partial charge in [-0.25, -0.2) is 0 Å². The van der Waals surface area contributed by atoms with Gasteiger partial charge in [-0.1, -0.05) is 24.3 Å². The standard InChI is InChI=1S/C15H16N2O3S/c18-21(19,20)17-8-7-16-9-11-3-1-5-13(11)14-6-2-4-12(10-17)15(14)16/h2,4-6,9H,1,3,7-8,10H2,(H,18,19,20). The first-order chi connectivity index (χ1) is 10.0. The first-order valence-electron chi connectivity index (χ1n) is 7.07. The molecule has 1 aromatic rings. The smallest absolute Gasteiger partial charge is 0.336 e. The Kier molecular flexibility index (Phi) is 2.76. The van der Waals surface area contributed by atoms with Crippen molar-refractivity contribution in [2.75, 3.05) is 18.0 Å². The Labute approximate surface area is 124 Å². The molecular formula is C15H16N2O3S. The van der Waals surface area contributed by atoms with Crippen LogP contribution in [0.15, 0.2) is 36.0 Å². The van der Waals surface area contributed by atoms with Gasteiger partial charge in [-0.2, -0.15) is 12.7 Å². The van der Waals surface area contributed by atoms with E-state index in [1.54, 1.807) is 0 Å². The summed E-state index contributed by atoms with van der Waals surface area (Å²) in [5, 5.41) is 0. The van der Waals surface area contributed by atoms with Gasteiger partial charge >= 0.3 is 10.3 Å². The zero-order valence-electron chi connectivity index (χ0n) is 11.5. The highest BCUT2D eigenvalue weighted by molar-refractivity contribution is 7.83. The van der Waals surface area contributed by atoms with Crippen molar-refractivity contribution in [1.29, 1.82) is 0 Å². The van der Waals surface area contributed by atoms with Crippen LogP contribution in [0.25, 0.3) is 5.57 Å². The molecule has 0 spiro atoms. The Morgan fingerprint density at radius 2 is 2.05 bits per heavy atom. The van der Waals surface area contributed by atoms with Crippen molar-refractivity contribution < 1.29 is 13.0 Å². The minimum absolute atomic E-state index is 0.217. The molecular weight excluding hydrogens is 288 g/mol.